The maximum Gasteiger partial charge on any atom is 0.256 e. The number of carbonyl (C=O) groups excluding carboxylic acids is 1. The molecule has 0 saturated carbocycles. The minimum atomic E-state index is -0.379. The molecule has 0 saturated heterocycles. The lowest BCUT2D eigenvalue weighted by molar-refractivity contribution is 0.0943. The summed E-state index contributed by atoms with van der Waals surface area (Å²) >= 11 is 0. The molecule has 0 spiro atoms. The Kier molecular flexibility index (Phi) is 5.05. The van der Waals surface area contributed by atoms with Crippen LogP contribution < -0.4 is 10.7 Å². The first-order valence-electron chi connectivity index (χ1n) is 6.98. The predicted molar refractivity (Wildman–Crippen MR) is 80.5 cm³/mol. The molecule has 2 aromatic rings. The quantitative estimate of drug-likeness (QED) is 0.787. The highest BCUT2D eigenvalue weighted by Gasteiger charge is 2.12. The summed E-state index contributed by atoms with van der Waals surface area (Å²) in [5.74, 6) is -0.379. The van der Waals surface area contributed by atoms with Gasteiger partial charge in [-0.2, -0.15) is 0 Å². The molecule has 0 aliphatic heterocycles. The molecule has 2 N–H and O–H groups in total. The minimum Gasteiger partial charge on any atom is -0.382 e. The number of hydrogen-bond donors (Lipinski definition) is 2. The average molecular weight is 289 g/mol. The molecular formula is C15H19N3O3. The van der Waals surface area contributed by atoms with Crippen molar-refractivity contribution in [1.82, 2.24) is 15.3 Å². The third-order valence-electron chi connectivity index (χ3n) is 3.08. The first kappa shape index (κ1) is 15.2. The minimum absolute atomic E-state index is 0.101. The van der Waals surface area contributed by atoms with Crippen LogP contribution in [0, 0.1) is 6.92 Å². The number of aryl methyl sites for hydroxylation is 1. The van der Waals surface area contributed by atoms with Crippen LogP contribution in [-0.4, -0.2) is 35.6 Å². The number of fused-ring (bicyclic) bond motifs is 1. The molecule has 21 heavy (non-hydrogen) atoms. The highest BCUT2D eigenvalue weighted by atomic mass is 16.5. The average Bonchev–Trinajstić information content (AvgIpc) is 2.47. The van der Waals surface area contributed by atoms with Crippen molar-refractivity contribution < 1.29 is 9.53 Å². The molecule has 2 heterocycles. The van der Waals surface area contributed by atoms with Gasteiger partial charge in [-0.25, -0.2) is 4.98 Å². The van der Waals surface area contributed by atoms with E-state index >= 15 is 0 Å². The van der Waals surface area contributed by atoms with Gasteiger partial charge in [0.05, 0.1) is 5.39 Å². The molecule has 112 valence electrons. The van der Waals surface area contributed by atoms with Crippen molar-refractivity contribution in [3.8, 4) is 0 Å². The molecule has 6 heteroatoms. The van der Waals surface area contributed by atoms with Gasteiger partial charge in [-0.3, -0.25) is 9.59 Å². The Morgan fingerprint density at radius 1 is 1.43 bits per heavy atom. The van der Waals surface area contributed by atoms with E-state index < -0.39 is 0 Å². The number of rotatable bonds is 6. The number of pyridine rings is 2. The molecule has 0 unspecified atom stereocenters. The first-order valence-corrected chi connectivity index (χ1v) is 6.98. The van der Waals surface area contributed by atoms with Gasteiger partial charge in [0.25, 0.3) is 5.91 Å². The fourth-order valence-electron chi connectivity index (χ4n) is 1.99. The fourth-order valence-corrected chi connectivity index (χ4v) is 1.99. The highest BCUT2D eigenvalue weighted by Crippen LogP contribution is 2.06. The summed E-state index contributed by atoms with van der Waals surface area (Å²) in [6.07, 6.45) is 2.13. The molecule has 0 atom stereocenters. The second-order valence-electron chi connectivity index (χ2n) is 4.69. The number of aromatic nitrogens is 2. The Hall–Kier alpha value is -2.21. The Bertz CT molecular complexity index is 694. The third-order valence-corrected chi connectivity index (χ3v) is 3.08. The molecule has 1 amide bonds. The molecule has 0 aliphatic rings. The standard InChI is InChI=1S/C15H19N3O3/c1-3-21-8-4-7-16-15(20)12-9-17-14-11(13(12)19)6-5-10(2)18-14/h5-6,9H,3-4,7-8H2,1-2H3,(H,16,20)(H,17,18,19). The normalized spacial score (nSPS) is 10.8. The summed E-state index contributed by atoms with van der Waals surface area (Å²) in [5, 5.41) is 3.13. The van der Waals surface area contributed by atoms with Crippen LogP contribution in [0.3, 0.4) is 0 Å². The zero-order valence-electron chi connectivity index (χ0n) is 12.2. The number of ether oxygens (including phenoxy) is 1. The van der Waals surface area contributed by atoms with Gasteiger partial charge in [-0.15, -0.1) is 0 Å². The molecule has 2 rings (SSSR count). The van der Waals surface area contributed by atoms with Crippen molar-refractivity contribution in [1.29, 1.82) is 0 Å². The fraction of sp³-hybridized carbons (Fsp3) is 0.400. The van der Waals surface area contributed by atoms with Crippen molar-refractivity contribution in [3.63, 3.8) is 0 Å². The van der Waals surface area contributed by atoms with Crippen LogP contribution in [-0.2, 0) is 4.74 Å². The summed E-state index contributed by atoms with van der Waals surface area (Å²) in [7, 11) is 0. The van der Waals surface area contributed by atoms with Crippen LogP contribution in [0.25, 0.3) is 11.0 Å². The molecule has 2 aromatic heterocycles. The topological polar surface area (TPSA) is 84.1 Å². The van der Waals surface area contributed by atoms with E-state index in [4.69, 9.17) is 4.74 Å². The lowest BCUT2D eigenvalue weighted by atomic mass is 10.2. The van der Waals surface area contributed by atoms with Gasteiger partial charge in [0, 0.05) is 31.6 Å². The summed E-state index contributed by atoms with van der Waals surface area (Å²) < 4.78 is 5.19. The largest absolute Gasteiger partial charge is 0.382 e. The Morgan fingerprint density at radius 3 is 3.00 bits per heavy atom. The molecule has 0 fully saturated rings. The van der Waals surface area contributed by atoms with E-state index in [2.05, 4.69) is 15.3 Å². The van der Waals surface area contributed by atoms with Crippen LogP contribution in [0.15, 0.2) is 23.1 Å². The number of nitrogens with one attached hydrogen (secondary N) is 2. The van der Waals surface area contributed by atoms with Gasteiger partial charge in [-0.1, -0.05) is 0 Å². The third kappa shape index (κ3) is 3.66. The van der Waals surface area contributed by atoms with Gasteiger partial charge in [0.2, 0.25) is 5.43 Å². The zero-order valence-corrected chi connectivity index (χ0v) is 12.2. The maximum atomic E-state index is 12.3. The van der Waals surface area contributed by atoms with Crippen LogP contribution >= 0.6 is 0 Å². The zero-order chi connectivity index (χ0) is 15.2. The Morgan fingerprint density at radius 2 is 2.24 bits per heavy atom. The van der Waals surface area contributed by atoms with Crippen LogP contribution in [0.1, 0.15) is 29.4 Å². The lowest BCUT2D eigenvalue weighted by Crippen LogP contribution is -2.30. The monoisotopic (exact) mass is 289 g/mol. The van der Waals surface area contributed by atoms with Crippen molar-refractivity contribution in [2.24, 2.45) is 0 Å². The van der Waals surface area contributed by atoms with Crippen molar-refractivity contribution >= 4 is 16.9 Å². The van der Waals surface area contributed by atoms with E-state index in [0.29, 0.717) is 37.2 Å². The van der Waals surface area contributed by atoms with Crippen molar-refractivity contribution in [2.75, 3.05) is 19.8 Å². The molecular weight excluding hydrogens is 270 g/mol. The van der Waals surface area contributed by atoms with Crippen LogP contribution in [0.4, 0.5) is 0 Å². The van der Waals surface area contributed by atoms with Gasteiger partial charge in [0.15, 0.2) is 0 Å². The molecule has 0 radical (unpaired) electrons. The Balaban J connectivity index is 2.11. The molecule has 0 aliphatic carbocycles. The van der Waals surface area contributed by atoms with E-state index in [1.54, 1.807) is 12.1 Å². The number of nitrogens with zero attached hydrogens (tertiary/aromatic N) is 1. The van der Waals surface area contributed by atoms with Gasteiger partial charge < -0.3 is 15.0 Å². The summed E-state index contributed by atoms with van der Waals surface area (Å²) in [6, 6.07) is 3.43. The van der Waals surface area contributed by atoms with Gasteiger partial charge >= 0.3 is 0 Å². The summed E-state index contributed by atoms with van der Waals surface area (Å²) in [4.78, 5) is 31.4. The predicted octanol–water partition coefficient (Wildman–Crippen LogP) is 1.39. The number of carbonyl (C=O) groups is 1. The SMILES string of the molecule is CCOCCCNC(=O)c1c[nH]c2nc(C)ccc2c1=O. The van der Waals surface area contributed by atoms with Crippen LogP contribution in [0.2, 0.25) is 0 Å². The van der Waals surface area contributed by atoms with E-state index in [-0.39, 0.29) is 16.9 Å². The maximum absolute atomic E-state index is 12.3. The van der Waals surface area contributed by atoms with Crippen molar-refractivity contribution in [3.05, 3.63) is 39.8 Å². The highest BCUT2D eigenvalue weighted by molar-refractivity contribution is 5.96. The van der Waals surface area contributed by atoms with E-state index in [0.717, 1.165) is 5.69 Å². The number of H-pyrrole nitrogens is 1. The number of aromatic amines is 1. The number of hydrogen-bond acceptors (Lipinski definition) is 4. The van der Waals surface area contributed by atoms with E-state index in [9.17, 15) is 9.59 Å². The van der Waals surface area contributed by atoms with Gasteiger partial charge in [-0.05, 0) is 32.4 Å². The molecule has 0 aromatic carbocycles. The second kappa shape index (κ2) is 6.99. The summed E-state index contributed by atoms with van der Waals surface area (Å²) in [5.41, 5.74) is 1.10. The van der Waals surface area contributed by atoms with E-state index in [1.807, 2.05) is 13.8 Å². The summed E-state index contributed by atoms with van der Waals surface area (Å²) in [6.45, 7) is 5.49. The Labute approximate surface area is 122 Å². The van der Waals surface area contributed by atoms with Gasteiger partial charge in [0.1, 0.15) is 11.2 Å². The number of amides is 1. The first-order chi connectivity index (χ1) is 10.1. The van der Waals surface area contributed by atoms with Crippen molar-refractivity contribution in [2.45, 2.75) is 20.3 Å². The smallest absolute Gasteiger partial charge is 0.256 e. The lowest BCUT2D eigenvalue weighted by Gasteiger charge is -2.06. The molecule has 0 bridgehead atoms. The molecule has 6 nitrogen and oxygen atoms in total. The second-order valence-corrected chi connectivity index (χ2v) is 4.69. The van der Waals surface area contributed by atoms with Crippen LogP contribution in [0.5, 0.6) is 0 Å². The van der Waals surface area contributed by atoms with E-state index in [1.165, 1.54) is 6.20 Å².